The van der Waals surface area contributed by atoms with Crippen molar-refractivity contribution in [1.82, 2.24) is 9.47 Å². The molecule has 0 aliphatic rings. The molecule has 0 radical (unpaired) electrons. The number of anilines is 1. The van der Waals surface area contributed by atoms with Gasteiger partial charge in [0.2, 0.25) is 0 Å². The number of nitrogens with zero attached hydrogens (tertiary/aromatic N) is 2. The molecule has 4 heteroatoms. The SMILES string of the molecule is CC(c1c(N)c(=O)n(C)c2ccccc12)N(C)C. The number of nitrogen functional groups attached to an aromatic ring is 1. The third-order valence-corrected chi connectivity index (χ3v) is 3.57. The highest BCUT2D eigenvalue weighted by molar-refractivity contribution is 5.87. The maximum Gasteiger partial charge on any atom is 0.274 e. The average Bonchev–Trinajstić information content (AvgIpc) is 2.36. The van der Waals surface area contributed by atoms with Crippen LogP contribution in [0.15, 0.2) is 29.1 Å². The van der Waals surface area contributed by atoms with Gasteiger partial charge in [-0.15, -0.1) is 0 Å². The Balaban J connectivity index is 2.92. The van der Waals surface area contributed by atoms with E-state index in [1.165, 1.54) is 0 Å². The van der Waals surface area contributed by atoms with Gasteiger partial charge in [-0.3, -0.25) is 4.79 Å². The van der Waals surface area contributed by atoms with Crippen LogP contribution in [-0.4, -0.2) is 23.6 Å². The number of fused-ring (bicyclic) bond motifs is 1. The fraction of sp³-hybridized carbons (Fsp3) is 0.357. The van der Waals surface area contributed by atoms with E-state index in [1.54, 1.807) is 11.6 Å². The molecule has 1 aromatic carbocycles. The van der Waals surface area contributed by atoms with Crippen LogP contribution in [-0.2, 0) is 7.05 Å². The first kappa shape index (κ1) is 12.6. The van der Waals surface area contributed by atoms with Gasteiger partial charge < -0.3 is 15.2 Å². The Morgan fingerprint density at radius 2 is 1.89 bits per heavy atom. The number of pyridine rings is 1. The van der Waals surface area contributed by atoms with E-state index in [0.717, 1.165) is 16.5 Å². The highest BCUT2D eigenvalue weighted by Crippen LogP contribution is 2.29. The van der Waals surface area contributed by atoms with E-state index in [2.05, 4.69) is 11.8 Å². The van der Waals surface area contributed by atoms with Gasteiger partial charge >= 0.3 is 0 Å². The summed E-state index contributed by atoms with van der Waals surface area (Å²) in [4.78, 5) is 14.2. The minimum absolute atomic E-state index is 0.101. The molecule has 0 saturated heterocycles. The van der Waals surface area contributed by atoms with E-state index in [4.69, 9.17) is 5.73 Å². The first-order chi connectivity index (χ1) is 8.45. The van der Waals surface area contributed by atoms with Crippen LogP contribution in [0.5, 0.6) is 0 Å². The Morgan fingerprint density at radius 1 is 1.28 bits per heavy atom. The summed E-state index contributed by atoms with van der Waals surface area (Å²) in [5, 5.41) is 1.04. The molecule has 0 saturated carbocycles. The van der Waals surface area contributed by atoms with Crippen molar-refractivity contribution < 1.29 is 0 Å². The lowest BCUT2D eigenvalue weighted by molar-refractivity contribution is 0.323. The molecule has 1 aromatic heterocycles. The zero-order chi connectivity index (χ0) is 13.4. The normalized spacial score (nSPS) is 13.2. The van der Waals surface area contributed by atoms with Crippen molar-refractivity contribution >= 4 is 16.6 Å². The van der Waals surface area contributed by atoms with E-state index in [0.29, 0.717) is 5.69 Å². The minimum Gasteiger partial charge on any atom is -0.394 e. The van der Waals surface area contributed by atoms with Crippen molar-refractivity contribution in [1.29, 1.82) is 0 Å². The molecule has 0 spiro atoms. The molecule has 0 aliphatic carbocycles. The molecule has 4 nitrogen and oxygen atoms in total. The lowest BCUT2D eigenvalue weighted by Crippen LogP contribution is -2.26. The van der Waals surface area contributed by atoms with Crippen LogP contribution in [0.2, 0.25) is 0 Å². The number of hydrogen-bond acceptors (Lipinski definition) is 3. The van der Waals surface area contributed by atoms with Gasteiger partial charge in [0.15, 0.2) is 0 Å². The van der Waals surface area contributed by atoms with Crippen molar-refractivity contribution in [2.75, 3.05) is 19.8 Å². The molecule has 18 heavy (non-hydrogen) atoms. The van der Waals surface area contributed by atoms with Crippen LogP contribution in [0, 0.1) is 0 Å². The number of para-hydroxylation sites is 1. The Bertz CT molecular complexity index is 643. The number of benzene rings is 1. The van der Waals surface area contributed by atoms with Gasteiger partial charge in [-0.25, -0.2) is 0 Å². The minimum atomic E-state index is -0.127. The molecular formula is C14H19N3O. The van der Waals surface area contributed by atoms with E-state index >= 15 is 0 Å². The summed E-state index contributed by atoms with van der Waals surface area (Å²) >= 11 is 0. The molecule has 0 amide bonds. The predicted octanol–water partition coefficient (Wildman–Crippen LogP) is 1.74. The second-order valence-corrected chi connectivity index (χ2v) is 4.85. The lowest BCUT2D eigenvalue weighted by atomic mass is 10.0. The largest absolute Gasteiger partial charge is 0.394 e. The molecule has 96 valence electrons. The van der Waals surface area contributed by atoms with Crippen LogP contribution in [0.3, 0.4) is 0 Å². The monoisotopic (exact) mass is 245 g/mol. The number of nitrogens with two attached hydrogens (primary N) is 1. The molecule has 2 N–H and O–H groups in total. The molecule has 0 fully saturated rings. The van der Waals surface area contributed by atoms with Gasteiger partial charge in [-0.1, -0.05) is 18.2 Å². The second-order valence-electron chi connectivity index (χ2n) is 4.85. The van der Waals surface area contributed by atoms with Crippen LogP contribution in [0.1, 0.15) is 18.5 Å². The molecular weight excluding hydrogens is 226 g/mol. The molecule has 2 rings (SSSR count). The summed E-state index contributed by atoms with van der Waals surface area (Å²) < 4.78 is 1.61. The van der Waals surface area contributed by atoms with Gasteiger partial charge in [0, 0.05) is 24.0 Å². The van der Waals surface area contributed by atoms with E-state index < -0.39 is 0 Å². The Morgan fingerprint density at radius 3 is 2.50 bits per heavy atom. The van der Waals surface area contributed by atoms with Crippen molar-refractivity contribution in [3.05, 3.63) is 40.2 Å². The third-order valence-electron chi connectivity index (χ3n) is 3.57. The second kappa shape index (κ2) is 4.46. The Labute approximate surface area is 107 Å². The van der Waals surface area contributed by atoms with Gasteiger partial charge in [0.25, 0.3) is 5.56 Å². The summed E-state index contributed by atoms with van der Waals surface area (Å²) in [7, 11) is 5.72. The number of aryl methyl sites for hydroxylation is 1. The Kier molecular flexibility index (Phi) is 3.13. The van der Waals surface area contributed by atoms with Crippen LogP contribution >= 0.6 is 0 Å². The highest BCUT2D eigenvalue weighted by Gasteiger charge is 2.18. The van der Waals surface area contributed by atoms with Crippen molar-refractivity contribution in [2.24, 2.45) is 7.05 Å². The average molecular weight is 245 g/mol. The summed E-state index contributed by atoms with van der Waals surface area (Å²) in [5.74, 6) is 0. The van der Waals surface area contributed by atoms with Gasteiger partial charge in [-0.05, 0) is 27.1 Å². The van der Waals surface area contributed by atoms with Gasteiger partial charge in [0.1, 0.15) is 5.69 Å². The summed E-state index contributed by atoms with van der Waals surface area (Å²) in [6.07, 6.45) is 0. The summed E-state index contributed by atoms with van der Waals surface area (Å²) in [6.45, 7) is 2.05. The third kappa shape index (κ3) is 1.78. The first-order valence-electron chi connectivity index (χ1n) is 5.98. The van der Waals surface area contributed by atoms with Crippen molar-refractivity contribution in [3.63, 3.8) is 0 Å². The summed E-state index contributed by atoms with van der Waals surface area (Å²) in [5.41, 5.74) is 8.08. The molecule has 1 atom stereocenters. The van der Waals surface area contributed by atoms with Crippen LogP contribution in [0.4, 0.5) is 5.69 Å². The van der Waals surface area contributed by atoms with Gasteiger partial charge in [0.05, 0.1) is 5.52 Å². The Hall–Kier alpha value is -1.81. The zero-order valence-electron chi connectivity index (χ0n) is 11.3. The summed E-state index contributed by atoms with van der Waals surface area (Å²) in [6, 6.07) is 7.96. The van der Waals surface area contributed by atoms with Crippen molar-refractivity contribution in [3.8, 4) is 0 Å². The lowest BCUT2D eigenvalue weighted by Gasteiger charge is -2.24. The standard InChI is InChI=1S/C14H19N3O/c1-9(16(2)3)12-10-7-5-6-8-11(10)17(4)14(18)13(12)15/h5-9H,15H2,1-4H3. The van der Waals surface area contributed by atoms with E-state index in [9.17, 15) is 4.79 Å². The number of hydrogen-bond donors (Lipinski definition) is 1. The van der Waals surface area contributed by atoms with Crippen LogP contribution < -0.4 is 11.3 Å². The van der Waals surface area contributed by atoms with Crippen LogP contribution in [0.25, 0.3) is 10.9 Å². The molecule has 0 bridgehead atoms. The maximum atomic E-state index is 12.1. The fourth-order valence-corrected chi connectivity index (χ4v) is 2.25. The predicted molar refractivity (Wildman–Crippen MR) is 75.7 cm³/mol. The smallest absolute Gasteiger partial charge is 0.274 e. The van der Waals surface area contributed by atoms with Crippen molar-refractivity contribution in [2.45, 2.75) is 13.0 Å². The highest BCUT2D eigenvalue weighted by atomic mass is 16.1. The van der Waals surface area contributed by atoms with E-state index in [1.807, 2.05) is 38.4 Å². The van der Waals surface area contributed by atoms with Gasteiger partial charge in [-0.2, -0.15) is 0 Å². The first-order valence-corrected chi connectivity index (χ1v) is 5.98. The maximum absolute atomic E-state index is 12.1. The topological polar surface area (TPSA) is 51.3 Å². The number of aromatic nitrogens is 1. The quantitative estimate of drug-likeness (QED) is 0.877. The molecule has 2 aromatic rings. The fourth-order valence-electron chi connectivity index (χ4n) is 2.25. The number of rotatable bonds is 2. The molecule has 1 heterocycles. The van der Waals surface area contributed by atoms with E-state index in [-0.39, 0.29) is 11.6 Å². The molecule has 0 aliphatic heterocycles. The molecule has 1 unspecified atom stereocenters. The zero-order valence-corrected chi connectivity index (χ0v) is 11.3.